The topological polar surface area (TPSA) is 12.0 Å². The largest absolute Gasteiger partial charge is 0.316 e. The van der Waals surface area contributed by atoms with Gasteiger partial charge in [-0.1, -0.05) is 0 Å². The minimum absolute atomic E-state index is 0.154. The van der Waals surface area contributed by atoms with E-state index in [9.17, 15) is 4.39 Å². The van der Waals surface area contributed by atoms with Gasteiger partial charge < -0.3 is 5.32 Å². The van der Waals surface area contributed by atoms with Crippen molar-refractivity contribution < 1.29 is 4.39 Å². The maximum atomic E-state index is 12.7. The maximum absolute atomic E-state index is 12.7. The van der Waals surface area contributed by atoms with Gasteiger partial charge in [0.2, 0.25) is 0 Å². The first-order valence-electron chi connectivity index (χ1n) is 5.44. The van der Waals surface area contributed by atoms with E-state index >= 15 is 0 Å². The summed E-state index contributed by atoms with van der Waals surface area (Å²) in [6, 6.07) is 6.77. The highest BCUT2D eigenvalue weighted by Gasteiger charge is 2.12. The normalized spacial score (nSPS) is 21.5. The fourth-order valence-corrected chi connectivity index (χ4v) is 2.85. The van der Waals surface area contributed by atoms with Crippen LogP contribution in [-0.2, 0) is 0 Å². The lowest BCUT2D eigenvalue weighted by Crippen LogP contribution is -2.30. The zero-order chi connectivity index (χ0) is 10.5. The van der Waals surface area contributed by atoms with Crippen molar-refractivity contribution in [1.82, 2.24) is 5.32 Å². The molecule has 1 saturated heterocycles. The smallest absolute Gasteiger partial charge is 0.123 e. The summed E-state index contributed by atoms with van der Waals surface area (Å²) < 4.78 is 12.7. The number of halogens is 1. The standard InChI is InChI=1S/C12H16FNS/c13-11-3-5-12(6-4-11)15-9-10-2-1-7-14-8-10/h3-6,10,14H,1-2,7-9H2/t10-/m0/s1. The van der Waals surface area contributed by atoms with E-state index in [1.807, 2.05) is 23.9 Å². The molecule has 82 valence electrons. The molecule has 0 bridgehead atoms. The molecule has 1 aromatic rings. The van der Waals surface area contributed by atoms with Crippen LogP contribution in [0.5, 0.6) is 0 Å². The summed E-state index contributed by atoms with van der Waals surface area (Å²) in [5, 5.41) is 3.41. The Labute approximate surface area is 94.5 Å². The molecule has 0 unspecified atom stereocenters. The van der Waals surface area contributed by atoms with Crippen LogP contribution < -0.4 is 5.32 Å². The van der Waals surface area contributed by atoms with Crippen molar-refractivity contribution in [2.75, 3.05) is 18.8 Å². The van der Waals surface area contributed by atoms with Crippen molar-refractivity contribution in [3.63, 3.8) is 0 Å². The molecular weight excluding hydrogens is 209 g/mol. The van der Waals surface area contributed by atoms with Gasteiger partial charge in [0, 0.05) is 10.6 Å². The highest BCUT2D eigenvalue weighted by molar-refractivity contribution is 7.99. The Morgan fingerprint density at radius 3 is 2.80 bits per heavy atom. The zero-order valence-corrected chi connectivity index (χ0v) is 9.52. The molecule has 15 heavy (non-hydrogen) atoms. The molecule has 0 spiro atoms. The maximum Gasteiger partial charge on any atom is 0.123 e. The molecule has 0 aromatic heterocycles. The van der Waals surface area contributed by atoms with Crippen LogP contribution >= 0.6 is 11.8 Å². The summed E-state index contributed by atoms with van der Waals surface area (Å²) in [4.78, 5) is 1.17. The highest BCUT2D eigenvalue weighted by atomic mass is 32.2. The Morgan fingerprint density at radius 1 is 1.33 bits per heavy atom. The lowest BCUT2D eigenvalue weighted by Gasteiger charge is -2.22. The van der Waals surface area contributed by atoms with Crippen LogP contribution in [0.2, 0.25) is 0 Å². The van der Waals surface area contributed by atoms with Crippen LogP contribution in [0.1, 0.15) is 12.8 Å². The van der Waals surface area contributed by atoms with Gasteiger partial charge >= 0.3 is 0 Å². The molecule has 0 saturated carbocycles. The molecule has 1 aliphatic rings. The molecule has 0 aliphatic carbocycles. The van der Waals surface area contributed by atoms with Gasteiger partial charge in [0.25, 0.3) is 0 Å². The molecule has 1 aliphatic heterocycles. The van der Waals surface area contributed by atoms with Crippen molar-refractivity contribution >= 4 is 11.8 Å². The van der Waals surface area contributed by atoms with Crippen molar-refractivity contribution in [3.8, 4) is 0 Å². The quantitative estimate of drug-likeness (QED) is 0.794. The Morgan fingerprint density at radius 2 is 2.13 bits per heavy atom. The minimum atomic E-state index is -0.154. The van der Waals surface area contributed by atoms with Crippen LogP contribution in [0.3, 0.4) is 0 Å². The van der Waals surface area contributed by atoms with E-state index < -0.39 is 0 Å². The van der Waals surface area contributed by atoms with E-state index in [2.05, 4.69) is 5.32 Å². The third-order valence-electron chi connectivity index (χ3n) is 2.70. The molecule has 1 fully saturated rings. The molecule has 1 N–H and O–H groups in total. The summed E-state index contributed by atoms with van der Waals surface area (Å²) in [6.07, 6.45) is 2.61. The Hall–Kier alpha value is -0.540. The Kier molecular flexibility index (Phi) is 4.03. The van der Waals surface area contributed by atoms with Crippen LogP contribution in [0, 0.1) is 11.7 Å². The molecule has 2 rings (SSSR count). The number of hydrogen-bond donors (Lipinski definition) is 1. The predicted octanol–water partition coefficient (Wildman–Crippen LogP) is 2.92. The first-order valence-corrected chi connectivity index (χ1v) is 6.42. The van der Waals surface area contributed by atoms with Gasteiger partial charge in [-0.3, -0.25) is 0 Å². The average Bonchev–Trinajstić information content (AvgIpc) is 2.30. The van der Waals surface area contributed by atoms with Gasteiger partial charge in [0.1, 0.15) is 5.82 Å². The first kappa shape index (κ1) is 11.0. The van der Waals surface area contributed by atoms with Crippen LogP contribution in [0.25, 0.3) is 0 Å². The van der Waals surface area contributed by atoms with Crippen molar-refractivity contribution in [2.24, 2.45) is 5.92 Å². The van der Waals surface area contributed by atoms with Crippen molar-refractivity contribution in [1.29, 1.82) is 0 Å². The number of piperidine rings is 1. The summed E-state index contributed by atoms with van der Waals surface area (Å²) in [5.41, 5.74) is 0. The van der Waals surface area contributed by atoms with Crippen LogP contribution in [-0.4, -0.2) is 18.8 Å². The van der Waals surface area contributed by atoms with E-state index in [1.165, 1.54) is 29.9 Å². The number of hydrogen-bond acceptors (Lipinski definition) is 2. The van der Waals surface area contributed by atoms with E-state index in [4.69, 9.17) is 0 Å². The lowest BCUT2D eigenvalue weighted by molar-refractivity contribution is 0.410. The van der Waals surface area contributed by atoms with Gasteiger partial charge in [0.05, 0.1) is 0 Å². The van der Waals surface area contributed by atoms with Crippen LogP contribution in [0.4, 0.5) is 4.39 Å². The third kappa shape index (κ3) is 3.50. The molecule has 1 nitrogen and oxygen atoms in total. The third-order valence-corrected chi connectivity index (χ3v) is 3.94. The Bertz CT molecular complexity index is 293. The number of nitrogens with one attached hydrogen (secondary N) is 1. The minimum Gasteiger partial charge on any atom is -0.316 e. The van der Waals surface area contributed by atoms with Gasteiger partial charge in [0.15, 0.2) is 0 Å². The van der Waals surface area contributed by atoms with Crippen LogP contribution in [0.15, 0.2) is 29.2 Å². The zero-order valence-electron chi connectivity index (χ0n) is 8.71. The van der Waals surface area contributed by atoms with Gasteiger partial charge in [-0.2, -0.15) is 0 Å². The number of benzene rings is 1. The van der Waals surface area contributed by atoms with Crippen molar-refractivity contribution in [3.05, 3.63) is 30.1 Å². The van der Waals surface area contributed by atoms with E-state index in [-0.39, 0.29) is 5.82 Å². The van der Waals surface area contributed by atoms with E-state index in [0.29, 0.717) is 0 Å². The van der Waals surface area contributed by atoms with Gasteiger partial charge in [-0.25, -0.2) is 4.39 Å². The second-order valence-corrected chi connectivity index (χ2v) is 5.07. The summed E-state index contributed by atoms with van der Waals surface area (Å²) in [7, 11) is 0. The highest BCUT2D eigenvalue weighted by Crippen LogP contribution is 2.23. The molecule has 0 amide bonds. The monoisotopic (exact) mass is 225 g/mol. The van der Waals surface area contributed by atoms with Crippen molar-refractivity contribution in [2.45, 2.75) is 17.7 Å². The fourth-order valence-electron chi connectivity index (χ4n) is 1.81. The first-order chi connectivity index (χ1) is 7.34. The summed E-state index contributed by atoms with van der Waals surface area (Å²) in [6.45, 7) is 2.30. The summed E-state index contributed by atoms with van der Waals surface area (Å²) >= 11 is 1.83. The predicted molar refractivity (Wildman–Crippen MR) is 62.7 cm³/mol. The van der Waals surface area contributed by atoms with Gasteiger partial charge in [-0.15, -0.1) is 11.8 Å². The molecule has 0 radical (unpaired) electrons. The summed E-state index contributed by atoms with van der Waals surface area (Å²) in [5.74, 6) is 1.76. The Balaban J connectivity index is 1.79. The molecular formula is C12H16FNS. The fraction of sp³-hybridized carbons (Fsp3) is 0.500. The molecule has 1 aromatic carbocycles. The lowest BCUT2D eigenvalue weighted by atomic mass is 10.0. The number of rotatable bonds is 3. The molecule has 1 heterocycles. The average molecular weight is 225 g/mol. The van der Waals surface area contributed by atoms with E-state index in [0.717, 1.165) is 24.8 Å². The second-order valence-electron chi connectivity index (χ2n) is 3.98. The molecule has 3 heteroatoms. The SMILES string of the molecule is Fc1ccc(SC[C@H]2CCCNC2)cc1. The van der Waals surface area contributed by atoms with E-state index in [1.54, 1.807) is 0 Å². The molecule has 1 atom stereocenters. The van der Waals surface area contributed by atoms with Gasteiger partial charge in [-0.05, 0) is 56.1 Å². The second kappa shape index (κ2) is 5.52. The number of thioether (sulfide) groups is 1.